The van der Waals surface area contributed by atoms with Gasteiger partial charge in [-0.25, -0.2) is 9.59 Å². The molecule has 0 radical (unpaired) electrons. The van der Waals surface area contributed by atoms with Crippen LogP contribution in [0.25, 0.3) is 10.4 Å². The van der Waals surface area contributed by atoms with Crippen molar-refractivity contribution in [2.75, 3.05) is 40.6 Å². The van der Waals surface area contributed by atoms with Crippen LogP contribution in [0.3, 0.4) is 0 Å². The summed E-state index contributed by atoms with van der Waals surface area (Å²) >= 11 is 0. The summed E-state index contributed by atoms with van der Waals surface area (Å²) in [6, 6.07) is 17.0. The number of hydrogen-bond donors (Lipinski definition) is 2. The van der Waals surface area contributed by atoms with E-state index < -0.39 is 147 Å². The maximum Gasteiger partial charge on any atom is 0.366 e. The van der Waals surface area contributed by atoms with Gasteiger partial charge in [-0.05, 0) is 16.7 Å². The Hall–Kier alpha value is -6.09. The molecule has 0 aliphatic carbocycles. The average molecular weight is 1030 g/mol. The van der Waals surface area contributed by atoms with E-state index in [9.17, 15) is 44.5 Å². The monoisotopic (exact) mass is 1030 g/mol. The number of hydrogen-bond acceptors (Lipinski definition) is 23. The van der Waals surface area contributed by atoms with E-state index in [0.717, 1.165) is 47.5 Å². The van der Waals surface area contributed by atoms with Crippen molar-refractivity contribution in [3.8, 4) is 0 Å². The number of carbonyl (C=O) groups excluding carboxylic acids is 6. The first-order valence-electron chi connectivity index (χ1n) is 22.9. The lowest BCUT2D eigenvalue weighted by atomic mass is 9.90. The van der Waals surface area contributed by atoms with Gasteiger partial charge in [-0.1, -0.05) is 71.9 Å². The molecule has 0 saturated carbocycles. The SMILES string of the molecule is C=CCO[C@]1(C(=O)OC)C[C@@H](O)[C@@H](O)[C@@H]([C@@H](CO[C@H]2OC[C@H](N=[N+]=[N-])[C@H](OCc3ccccc3)[C@H]2OCc2ccccc2)O[C@]2(C(=O)OC)C[C@@H](OC(C)=O)[C@@H](OC(C)=O)[C@@H]([C@@H](COC(C)=O)OC(C)=O)O2)O1. The highest BCUT2D eigenvalue weighted by atomic mass is 16.8. The number of methoxy groups -OCH3 is 2. The first-order valence-corrected chi connectivity index (χ1v) is 22.9. The second kappa shape index (κ2) is 27.3. The van der Waals surface area contributed by atoms with E-state index in [1.54, 1.807) is 42.5 Å². The molecule has 2 aromatic carbocycles. The second-order valence-corrected chi connectivity index (χ2v) is 16.9. The van der Waals surface area contributed by atoms with Gasteiger partial charge in [-0.3, -0.25) is 19.2 Å². The van der Waals surface area contributed by atoms with Crippen LogP contribution in [-0.2, 0) is 108 Å². The highest BCUT2D eigenvalue weighted by Gasteiger charge is 2.62. The van der Waals surface area contributed by atoms with Crippen molar-refractivity contribution in [3.63, 3.8) is 0 Å². The Kier molecular flexibility index (Phi) is 21.6. The topological polar surface area (TPSA) is 321 Å². The zero-order valence-electron chi connectivity index (χ0n) is 41.0. The van der Waals surface area contributed by atoms with Crippen LogP contribution in [0.1, 0.15) is 51.7 Å². The van der Waals surface area contributed by atoms with Crippen LogP contribution in [-0.4, -0.2) is 172 Å². The van der Waals surface area contributed by atoms with Gasteiger partial charge in [0, 0.05) is 39.0 Å². The maximum absolute atomic E-state index is 14.5. The van der Waals surface area contributed by atoms with E-state index in [1.807, 2.05) is 18.2 Å². The largest absolute Gasteiger partial charge is 0.465 e. The fourth-order valence-corrected chi connectivity index (χ4v) is 8.38. The normalized spacial score (nSPS) is 29.7. The highest BCUT2D eigenvalue weighted by molar-refractivity contribution is 5.79. The molecule has 3 fully saturated rings. The van der Waals surface area contributed by atoms with Crippen LogP contribution < -0.4 is 0 Å². The highest BCUT2D eigenvalue weighted by Crippen LogP contribution is 2.42. The Bertz CT molecular complexity index is 2230. The lowest BCUT2D eigenvalue weighted by Crippen LogP contribution is -2.68. The van der Waals surface area contributed by atoms with Crippen molar-refractivity contribution in [1.82, 2.24) is 0 Å². The van der Waals surface area contributed by atoms with Crippen LogP contribution in [0.5, 0.6) is 0 Å². The van der Waals surface area contributed by atoms with Crippen LogP contribution >= 0.6 is 0 Å². The molecule has 400 valence electrons. The Morgan fingerprint density at radius 3 is 1.89 bits per heavy atom. The fourth-order valence-electron chi connectivity index (χ4n) is 8.38. The van der Waals surface area contributed by atoms with Crippen molar-refractivity contribution in [3.05, 3.63) is 94.9 Å². The van der Waals surface area contributed by atoms with Crippen molar-refractivity contribution >= 4 is 35.8 Å². The van der Waals surface area contributed by atoms with E-state index in [4.69, 9.17) is 66.3 Å². The summed E-state index contributed by atoms with van der Waals surface area (Å²) in [7, 11) is 1.94. The Morgan fingerprint density at radius 2 is 1.34 bits per heavy atom. The minimum atomic E-state index is -2.91. The van der Waals surface area contributed by atoms with E-state index >= 15 is 0 Å². The van der Waals surface area contributed by atoms with Crippen molar-refractivity contribution < 1.29 is 105 Å². The van der Waals surface area contributed by atoms with Crippen molar-refractivity contribution in [1.29, 1.82) is 0 Å². The van der Waals surface area contributed by atoms with Crippen molar-refractivity contribution in [2.24, 2.45) is 5.11 Å². The van der Waals surface area contributed by atoms with Gasteiger partial charge in [-0.2, -0.15) is 0 Å². The van der Waals surface area contributed by atoms with E-state index in [1.165, 1.54) is 6.08 Å². The maximum atomic E-state index is 14.5. The molecule has 3 heterocycles. The number of carbonyl (C=O) groups is 6. The Morgan fingerprint density at radius 1 is 0.753 bits per heavy atom. The van der Waals surface area contributed by atoms with Crippen molar-refractivity contribution in [2.45, 2.75) is 139 Å². The zero-order chi connectivity index (χ0) is 53.3. The molecule has 0 spiro atoms. The van der Waals surface area contributed by atoms with E-state index in [-0.39, 0.29) is 26.4 Å². The summed E-state index contributed by atoms with van der Waals surface area (Å²) in [6.45, 7) is 5.31. The first kappa shape index (κ1) is 57.8. The van der Waals surface area contributed by atoms with Crippen LogP contribution in [0.15, 0.2) is 78.4 Å². The molecular weight excluding hydrogens is 971 g/mol. The molecule has 73 heavy (non-hydrogen) atoms. The molecule has 0 unspecified atom stereocenters. The predicted octanol–water partition coefficient (Wildman–Crippen LogP) is 2.19. The van der Waals surface area contributed by atoms with Crippen LogP contribution in [0.2, 0.25) is 0 Å². The number of aliphatic hydroxyl groups is 2. The lowest BCUT2D eigenvalue weighted by Gasteiger charge is -2.50. The molecular formula is C48H61N3O22. The van der Waals surface area contributed by atoms with Gasteiger partial charge in [0.25, 0.3) is 11.6 Å². The number of nitrogens with zero attached hydrogens (tertiary/aromatic N) is 3. The molecule has 0 amide bonds. The summed E-state index contributed by atoms with van der Waals surface area (Å²) in [5.41, 5.74) is 11.1. The summed E-state index contributed by atoms with van der Waals surface area (Å²) in [5.74, 6) is -11.7. The quantitative estimate of drug-likeness (QED) is 0.0380. The summed E-state index contributed by atoms with van der Waals surface area (Å²) in [5, 5.41) is 27.3. The zero-order valence-corrected chi connectivity index (χ0v) is 41.0. The van der Waals surface area contributed by atoms with E-state index in [0.29, 0.717) is 5.56 Å². The van der Waals surface area contributed by atoms with Gasteiger partial charge < -0.3 is 76.5 Å². The molecule has 25 nitrogen and oxygen atoms in total. The number of aliphatic hydroxyl groups excluding tert-OH is 2. The summed E-state index contributed by atoms with van der Waals surface area (Å²) in [6.07, 6.45) is -19.1. The summed E-state index contributed by atoms with van der Waals surface area (Å²) < 4.78 is 82.7. The first-order chi connectivity index (χ1) is 34.9. The molecule has 25 heteroatoms. The third-order valence-electron chi connectivity index (χ3n) is 11.5. The van der Waals surface area contributed by atoms with Crippen LogP contribution in [0.4, 0.5) is 0 Å². The second-order valence-electron chi connectivity index (χ2n) is 16.9. The molecule has 0 aromatic heterocycles. The summed E-state index contributed by atoms with van der Waals surface area (Å²) in [4.78, 5) is 81.3. The van der Waals surface area contributed by atoms with Gasteiger partial charge in [0.15, 0.2) is 18.5 Å². The van der Waals surface area contributed by atoms with Gasteiger partial charge in [0.1, 0.15) is 43.2 Å². The number of azide groups is 1. The molecule has 3 aliphatic rings. The number of rotatable bonds is 24. The standard InChI is InChI=1S/C48H61N3O22/c1-8-19-67-47(45(58)60-6)20-34(56)38(57)40(72-47)37(26-66-44-43(64-23-32-17-13-10-14-18-32)39(33(24-65-44)50-51-49)63-22-31-15-11-9-12-16-31)71-48(46(59)61-7)21-35(68-28(3)53)41(70-30(5)55)42(73-48)36(69-29(4)54)25-62-27(2)52/h8-18,33-44,56-57H,1,19-26H2,2-7H3/t33-,34+,35+,36+,37+,38+,39-,40+,41+,42+,43+,44+,47+,48+/m0/s1. The van der Waals surface area contributed by atoms with Gasteiger partial charge in [0.05, 0.1) is 71.9 Å². The minimum absolute atomic E-state index is 0.0106. The number of ether oxygens (including phenoxy) is 14. The molecule has 3 aliphatic heterocycles. The van der Waals surface area contributed by atoms with Gasteiger partial charge in [-0.15, -0.1) is 6.58 Å². The van der Waals surface area contributed by atoms with Gasteiger partial charge >= 0.3 is 35.8 Å². The molecule has 2 aromatic rings. The number of benzene rings is 2. The molecule has 0 bridgehead atoms. The smallest absolute Gasteiger partial charge is 0.366 e. The molecule has 14 atom stereocenters. The Balaban J connectivity index is 1.67. The Labute approximate surface area is 419 Å². The third kappa shape index (κ3) is 15.5. The molecule has 3 saturated heterocycles. The third-order valence-corrected chi connectivity index (χ3v) is 11.5. The van der Waals surface area contributed by atoms with E-state index in [2.05, 4.69) is 16.6 Å². The molecule has 2 N–H and O–H groups in total. The predicted molar refractivity (Wildman–Crippen MR) is 243 cm³/mol. The number of esters is 6. The average Bonchev–Trinajstić information content (AvgIpc) is 3.36. The lowest BCUT2D eigenvalue weighted by molar-refractivity contribution is -0.373. The minimum Gasteiger partial charge on any atom is -0.465 e. The molecule has 5 rings (SSSR count). The van der Waals surface area contributed by atoms with Gasteiger partial charge in [0.2, 0.25) is 0 Å². The van der Waals surface area contributed by atoms with Crippen LogP contribution in [0, 0.1) is 0 Å². The fraction of sp³-hybridized carbons (Fsp3) is 0.583.